The lowest BCUT2D eigenvalue weighted by Gasteiger charge is -2.05. The van der Waals surface area contributed by atoms with Crippen LogP contribution in [0.15, 0.2) is 54.1 Å². The number of hydrogen-bond acceptors (Lipinski definition) is 0. The average molecular weight is 243 g/mol. The van der Waals surface area contributed by atoms with Crippen LogP contribution < -0.4 is 0 Å². The molecule has 0 N–H and O–H groups in total. The number of fused-ring (bicyclic) bond motifs is 3. The molecule has 0 heteroatoms. The maximum atomic E-state index is 3.63. The van der Waals surface area contributed by atoms with Crippen LogP contribution in [0.25, 0.3) is 16.7 Å². The fraction of sp³-hybridized carbons (Fsp3) is 0.158. The Hall–Kier alpha value is -2.08. The minimum Gasteiger partial charge on any atom is -0.0772 e. The Balaban J connectivity index is 1.78. The minimum atomic E-state index is 1.03. The number of rotatable bonds is 1. The highest BCUT2D eigenvalue weighted by molar-refractivity contribution is 5.80. The van der Waals surface area contributed by atoms with Crippen molar-refractivity contribution in [2.75, 3.05) is 0 Å². The van der Waals surface area contributed by atoms with Gasteiger partial charge in [-0.3, -0.25) is 0 Å². The van der Waals surface area contributed by atoms with Crippen molar-refractivity contribution in [1.82, 2.24) is 0 Å². The predicted octanol–water partition coefficient (Wildman–Crippen LogP) is 4.79. The van der Waals surface area contributed by atoms with E-state index in [1.807, 2.05) is 0 Å². The van der Waals surface area contributed by atoms with Crippen LogP contribution in [0.1, 0.15) is 30.0 Å². The monoisotopic (exact) mass is 243 g/mol. The van der Waals surface area contributed by atoms with Gasteiger partial charge in [-0.15, -0.1) is 0 Å². The molecule has 1 radical (unpaired) electrons. The summed E-state index contributed by atoms with van der Waals surface area (Å²) in [5.74, 6) is 0. The molecule has 0 fully saturated rings. The van der Waals surface area contributed by atoms with Crippen molar-refractivity contribution in [2.45, 2.75) is 19.8 Å². The molecule has 0 bridgehead atoms. The molecule has 91 valence electrons. The highest BCUT2D eigenvalue weighted by atomic mass is 14.2. The van der Waals surface area contributed by atoms with E-state index in [9.17, 15) is 0 Å². The lowest BCUT2D eigenvalue weighted by atomic mass is 9.98. The summed E-state index contributed by atoms with van der Waals surface area (Å²) in [7, 11) is 0. The summed E-state index contributed by atoms with van der Waals surface area (Å²) in [5, 5.41) is 0. The van der Waals surface area contributed by atoms with Crippen molar-refractivity contribution < 1.29 is 0 Å². The Morgan fingerprint density at radius 1 is 1.00 bits per heavy atom. The maximum Gasteiger partial charge on any atom is -0.000706 e. The first-order valence-electron chi connectivity index (χ1n) is 6.82. The Kier molecular flexibility index (Phi) is 2.25. The van der Waals surface area contributed by atoms with Crippen LogP contribution in [-0.4, -0.2) is 0 Å². The summed E-state index contributed by atoms with van der Waals surface area (Å²) in [5.41, 5.74) is 9.56. The van der Waals surface area contributed by atoms with Crippen LogP contribution in [0.3, 0.4) is 0 Å². The van der Waals surface area contributed by atoms with Gasteiger partial charge in [-0.1, -0.05) is 54.1 Å². The molecule has 0 spiro atoms. The zero-order valence-corrected chi connectivity index (χ0v) is 11.0. The van der Waals surface area contributed by atoms with Gasteiger partial charge in [0.2, 0.25) is 0 Å². The van der Waals surface area contributed by atoms with E-state index < -0.39 is 0 Å². The van der Waals surface area contributed by atoms with E-state index >= 15 is 0 Å². The van der Waals surface area contributed by atoms with Crippen molar-refractivity contribution >= 4 is 5.57 Å². The van der Waals surface area contributed by atoms with Crippen LogP contribution in [0.4, 0.5) is 0 Å². The molecule has 2 aromatic rings. The maximum absolute atomic E-state index is 3.63. The largest absolute Gasteiger partial charge is 0.0772 e. The number of allylic oxidation sites excluding steroid dienone is 4. The Morgan fingerprint density at radius 2 is 1.89 bits per heavy atom. The second-order valence-corrected chi connectivity index (χ2v) is 5.42. The molecular formula is C19H15. The molecule has 0 aliphatic heterocycles. The first-order chi connectivity index (χ1) is 9.31. The van der Waals surface area contributed by atoms with Gasteiger partial charge in [0.1, 0.15) is 0 Å². The molecule has 2 aliphatic rings. The first kappa shape index (κ1) is 10.8. The van der Waals surface area contributed by atoms with Crippen molar-refractivity contribution in [3.8, 4) is 11.1 Å². The normalized spacial score (nSPS) is 15.8. The van der Waals surface area contributed by atoms with Crippen LogP contribution >= 0.6 is 0 Å². The Bertz CT molecular complexity index is 729. The van der Waals surface area contributed by atoms with Gasteiger partial charge >= 0.3 is 0 Å². The molecule has 0 saturated heterocycles. The molecule has 0 nitrogen and oxygen atoms in total. The van der Waals surface area contributed by atoms with Gasteiger partial charge in [-0.2, -0.15) is 0 Å². The standard InChI is InChI=1S/C19H15/c1-13-6-7-14(10-13)15-8-9-19-17(11-15)12-16-4-2-3-5-18(16)19/h2-6,8-10H,7,12H2,1H3. The first-order valence-corrected chi connectivity index (χ1v) is 6.82. The zero-order chi connectivity index (χ0) is 12.8. The van der Waals surface area contributed by atoms with Gasteiger partial charge in [0.15, 0.2) is 0 Å². The zero-order valence-electron chi connectivity index (χ0n) is 11.0. The molecule has 19 heavy (non-hydrogen) atoms. The molecule has 4 rings (SSSR count). The Morgan fingerprint density at radius 3 is 2.74 bits per heavy atom. The van der Waals surface area contributed by atoms with E-state index in [1.165, 1.54) is 39.0 Å². The lowest BCUT2D eigenvalue weighted by molar-refractivity contribution is 1.25. The molecule has 2 aromatic carbocycles. The van der Waals surface area contributed by atoms with Crippen molar-refractivity contribution in [1.29, 1.82) is 0 Å². The van der Waals surface area contributed by atoms with Gasteiger partial charge in [0.25, 0.3) is 0 Å². The third kappa shape index (κ3) is 1.67. The summed E-state index contributed by atoms with van der Waals surface area (Å²) in [4.78, 5) is 0. The van der Waals surface area contributed by atoms with E-state index in [-0.39, 0.29) is 0 Å². The van der Waals surface area contributed by atoms with Crippen LogP contribution in [-0.2, 0) is 6.42 Å². The van der Waals surface area contributed by atoms with Gasteiger partial charge in [-0.25, -0.2) is 0 Å². The van der Waals surface area contributed by atoms with Crippen LogP contribution in [0.2, 0.25) is 0 Å². The molecule has 0 amide bonds. The van der Waals surface area contributed by atoms with Gasteiger partial charge in [0.05, 0.1) is 0 Å². The summed E-state index contributed by atoms with van der Waals surface area (Å²) >= 11 is 0. The van der Waals surface area contributed by atoms with E-state index in [4.69, 9.17) is 0 Å². The summed E-state index contributed by atoms with van der Waals surface area (Å²) in [6, 6.07) is 16.8. The van der Waals surface area contributed by atoms with Crippen molar-refractivity contribution in [2.24, 2.45) is 0 Å². The molecule has 0 aromatic heterocycles. The van der Waals surface area contributed by atoms with Gasteiger partial charge in [-0.05, 0) is 59.2 Å². The number of benzene rings is 2. The molecule has 0 saturated carbocycles. The quantitative estimate of drug-likeness (QED) is 0.576. The fourth-order valence-corrected chi connectivity index (χ4v) is 3.10. The van der Waals surface area contributed by atoms with Crippen LogP contribution in [0, 0.1) is 6.07 Å². The molecule has 0 unspecified atom stereocenters. The molecular weight excluding hydrogens is 228 g/mol. The fourth-order valence-electron chi connectivity index (χ4n) is 3.10. The summed E-state index contributed by atoms with van der Waals surface area (Å²) in [6.45, 7) is 2.16. The van der Waals surface area contributed by atoms with Crippen molar-refractivity contribution in [3.63, 3.8) is 0 Å². The topological polar surface area (TPSA) is 0 Å². The second-order valence-electron chi connectivity index (χ2n) is 5.42. The summed E-state index contributed by atoms with van der Waals surface area (Å²) in [6.07, 6.45) is 6.64. The average Bonchev–Trinajstić information content (AvgIpc) is 3.01. The molecule has 0 heterocycles. The molecule has 0 atom stereocenters. The smallest absolute Gasteiger partial charge is 0.000706 e. The van der Waals surface area contributed by atoms with Crippen LogP contribution in [0.5, 0.6) is 0 Å². The predicted molar refractivity (Wildman–Crippen MR) is 79.9 cm³/mol. The highest BCUT2D eigenvalue weighted by Gasteiger charge is 2.19. The van der Waals surface area contributed by atoms with Crippen molar-refractivity contribution in [3.05, 3.63) is 76.9 Å². The third-order valence-corrected chi connectivity index (χ3v) is 4.09. The van der Waals surface area contributed by atoms with E-state index in [0.717, 1.165) is 12.8 Å². The molecule has 2 aliphatic carbocycles. The van der Waals surface area contributed by atoms with Gasteiger partial charge < -0.3 is 0 Å². The summed E-state index contributed by atoms with van der Waals surface area (Å²) < 4.78 is 0. The Labute approximate surface area is 114 Å². The van der Waals surface area contributed by atoms with E-state index in [0.29, 0.717) is 0 Å². The SMILES string of the molecule is CC1=CCC(c2[c]c3c(cc2)-c2ccccc2C3)=C1. The second kappa shape index (κ2) is 3.96. The van der Waals surface area contributed by atoms with E-state index in [2.05, 4.69) is 61.5 Å². The van der Waals surface area contributed by atoms with Gasteiger partial charge in [0, 0.05) is 0 Å². The van der Waals surface area contributed by atoms with E-state index in [1.54, 1.807) is 0 Å². The third-order valence-electron chi connectivity index (χ3n) is 4.09. The lowest BCUT2D eigenvalue weighted by Crippen LogP contribution is -1.87. The number of hydrogen-bond donors (Lipinski definition) is 0. The minimum absolute atomic E-state index is 1.03. The highest BCUT2D eigenvalue weighted by Crippen LogP contribution is 2.38.